The topological polar surface area (TPSA) is 9.23 Å². The van der Waals surface area contributed by atoms with E-state index in [2.05, 4.69) is 11.1 Å². The van der Waals surface area contributed by atoms with Crippen LogP contribution in [-0.4, -0.2) is 18.4 Å². The highest BCUT2D eigenvalue weighted by Gasteiger charge is 2.58. The van der Waals surface area contributed by atoms with Crippen LogP contribution >= 0.6 is 8.81 Å². The Morgan fingerprint density at radius 1 is 1.23 bits per heavy atom. The van der Waals surface area contributed by atoms with Crippen LogP contribution in [-0.2, 0) is 4.52 Å². The maximum absolute atomic E-state index is 12.1. The first kappa shape index (κ1) is 12.8. The van der Waals surface area contributed by atoms with Crippen LogP contribution in [0.25, 0.3) is 0 Å². The lowest BCUT2D eigenvalue weighted by Crippen LogP contribution is -2.31. The summed E-state index contributed by atoms with van der Waals surface area (Å²) in [6.07, 6.45) is -3.91. The van der Waals surface area contributed by atoms with Crippen LogP contribution in [0.5, 0.6) is 0 Å². The van der Waals surface area contributed by atoms with E-state index >= 15 is 0 Å². The quantitative estimate of drug-likeness (QED) is 0.300. The van der Waals surface area contributed by atoms with E-state index in [0.717, 1.165) is 0 Å². The molecule has 78 valence electrons. The minimum atomic E-state index is -5.53. The molecule has 0 heterocycles. The lowest BCUT2D eigenvalue weighted by Gasteiger charge is -2.18. The summed E-state index contributed by atoms with van der Waals surface area (Å²) < 4.78 is 62.8. The predicted octanol–water partition coefficient (Wildman–Crippen LogP) is 3.33. The summed E-state index contributed by atoms with van der Waals surface area (Å²) in [7, 11) is -1.89. The van der Waals surface area contributed by atoms with E-state index in [-0.39, 0.29) is 13.0 Å². The van der Waals surface area contributed by atoms with Gasteiger partial charge in [0, 0.05) is 0 Å². The van der Waals surface area contributed by atoms with Crippen molar-refractivity contribution in [2.75, 3.05) is 6.61 Å². The Hall–Kier alpha value is -0.220. The Kier molecular flexibility index (Phi) is 4.78. The van der Waals surface area contributed by atoms with Gasteiger partial charge in [-0.25, -0.2) is 0 Å². The molecule has 13 heavy (non-hydrogen) atoms. The molecular formula is C6H8F5OP. The van der Waals surface area contributed by atoms with Crippen molar-refractivity contribution < 1.29 is 26.5 Å². The predicted molar refractivity (Wildman–Crippen MR) is 40.1 cm³/mol. The molecule has 0 N–H and O–H groups in total. The molecule has 0 aromatic rings. The van der Waals surface area contributed by atoms with Gasteiger partial charge < -0.3 is 4.52 Å². The second-order valence-corrected chi connectivity index (χ2v) is 3.22. The fourth-order valence-corrected chi connectivity index (χ4v) is 0.859. The van der Waals surface area contributed by atoms with Gasteiger partial charge in [-0.05, 0) is 6.42 Å². The van der Waals surface area contributed by atoms with E-state index < -0.39 is 20.6 Å². The average molecular weight is 222 g/mol. The number of halogens is 5. The van der Waals surface area contributed by atoms with Crippen molar-refractivity contribution in [3.05, 3.63) is 12.7 Å². The van der Waals surface area contributed by atoms with Crippen molar-refractivity contribution >= 4 is 8.81 Å². The van der Waals surface area contributed by atoms with Crippen molar-refractivity contribution in [1.82, 2.24) is 0 Å². The highest BCUT2D eigenvalue weighted by molar-refractivity contribution is 7.33. The fraction of sp³-hybridized carbons (Fsp3) is 0.667. The van der Waals surface area contributed by atoms with Crippen molar-refractivity contribution in [1.29, 1.82) is 0 Å². The molecule has 0 saturated heterocycles. The number of rotatable bonds is 5. The molecule has 7 heteroatoms. The summed E-state index contributed by atoms with van der Waals surface area (Å²) in [5.74, 6) is 0. The molecule has 0 rings (SSSR count). The third kappa shape index (κ3) is 4.52. The second-order valence-electron chi connectivity index (χ2n) is 2.10. The Morgan fingerprint density at radius 2 is 1.77 bits per heavy atom. The summed E-state index contributed by atoms with van der Waals surface area (Å²) in [5.41, 5.74) is -4.74. The minimum Gasteiger partial charge on any atom is -0.355 e. The van der Waals surface area contributed by atoms with Gasteiger partial charge >= 0.3 is 11.8 Å². The van der Waals surface area contributed by atoms with E-state index in [1.807, 2.05) is 0 Å². The Labute approximate surface area is 73.8 Å². The van der Waals surface area contributed by atoms with Gasteiger partial charge in [-0.2, -0.15) is 22.0 Å². The lowest BCUT2D eigenvalue weighted by molar-refractivity contribution is -0.241. The second kappa shape index (κ2) is 4.86. The summed E-state index contributed by atoms with van der Waals surface area (Å²) in [6, 6.07) is 0. The first-order chi connectivity index (χ1) is 5.81. The molecule has 0 radical (unpaired) electrons. The molecule has 1 atom stereocenters. The summed E-state index contributed by atoms with van der Waals surface area (Å²) in [4.78, 5) is 0. The highest BCUT2D eigenvalue weighted by Crippen LogP contribution is 2.48. The van der Waals surface area contributed by atoms with Gasteiger partial charge in [0.1, 0.15) is 0 Å². The molecule has 0 aromatic heterocycles. The van der Waals surface area contributed by atoms with Crippen molar-refractivity contribution in [3.63, 3.8) is 0 Å². The molecular weight excluding hydrogens is 214 g/mol. The lowest BCUT2D eigenvalue weighted by atomic mass is 10.5. The zero-order valence-corrected chi connectivity index (χ0v) is 7.50. The van der Waals surface area contributed by atoms with Crippen molar-refractivity contribution in [2.45, 2.75) is 18.3 Å². The van der Waals surface area contributed by atoms with E-state index in [0.29, 0.717) is 0 Å². The van der Waals surface area contributed by atoms with Gasteiger partial charge in [0.25, 0.3) is 0 Å². The van der Waals surface area contributed by atoms with Crippen LogP contribution in [0, 0.1) is 0 Å². The summed E-state index contributed by atoms with van der Waals surface area (Å²) in [5, 5.41) is 0. The molecule has 0 aliphatic carbocycles. The standard InChI is InChI=1S/C6H8F5OP/c1-2-3-4-12-13-6(10,11)5(7,8)9/h2,13H,1,3-4H2. The number of hydrogen-bond donors (Lipinski definition) is 0. The molecule has 0 saturated carbocycles. The van der Waals surface area contributed by atoms with Gasteiger partial charge in [0.15, 0.2) is 0 Å². The van der Waals surface area contributed by atoms with E-state index in [1.165, 1.54) is 6.08 Å². The molecule has 0 aromatic carbocycles. The monoisotopic (exact) mass is 222 g/mol. The van der Waals surface area contributed by atoms with Crippen LogP contribution in [0.15, 0.2) is 12.7 Å². The largest absolute Gasteiger partial charge is 0.459 e. The molecule has 0 amide bonds. The minimum absolute atomic E-state index is 0.173. The maximum atomic E-state index is 12.1. The Bertz CT molecular complexity index is 167. The fourth-order valence-electron chi connectivity index (χ4n) is 0.342. The first-order valence-electron chi connectivity index (χ1n) is 3.25. The van der Waals surface area contributed by atoms with Gasteiger partial charge in [0.05, 0.1) is 15.4 Å². The molecule has 1 unspecified atom stereocenters. The molecule has 0 aliphatic rings. The summed E-state index contributed by atoms with van der Waals surface area (Å²) >= 11 is 0. The smallest absolute Gasteiger partial charge is 0.355 e. The SMILES string of the molecule is C=CCCOPC(F)(F)C(F)(F)F. The van der Waals surface area contributed by atoms with Crippen LogP contribution in [0.2, 0.25) is 0 Å². The van der Waals surface area contributed by atoms with Crippen LogP contribution < -0.4 is 0 Å². The molecule has 1 nitrogen and oxygen atoms in total. The van der Waals surface area contributed by atoms with Crippen LogP contribution in [0.3, 0.4) is 0 Å². The zero-order valence-electron chi connectivity index (χ0n) is 6.50. The molecule has 0 fully saturated rings. The van der Waals surface area contributed by atoms with Gasteiger partial charge in [0.2, 0.25) is 0 Å². The third-order valence-electron chi connectivity index (χ3n) is 0.980. The Balaban J connectivity index is 3.83. The van der Waals surface area contributed by atoms with Gasteiger partial charge in [-0.15, -0.1) is 6.58 Å². The van der Waals surface area contributed by atoms with Crippen LogP contribution in [0.4, 0.5) is 22.0 Å². The van der Waals surface area contributed by atoms with Gasteiger partial charge in [-0.3, -0.25) is 0 Å². The third-order valence-corrected chi connectivity index (χ3v) is 1.87. The number of alkyl halides is 5. The Morgan fingerprint density at radius 3 is 2.15 bits per heavy atom. The molecule has 0 spiro atoms. The van der Waals surface area contributed by atoms with Gasteiger partial charge in [-0.1, -0.05) is 6.08 Å². The molecule has 0 bridgehead atoms. The summed E-state index contributed by atoms with van der Waals surface area (Å²) in [6.45, 7) is 3.08. The highest BCUT2D eigenvalue weighted by atomic mass is 31.1. The van der Waals surface area contributed by atoms with E-state index in [4.69, 9.17) is 0 Å². The molecule has 0 aliphatic heterocycles. The van der Waals surface area contributed by atoms with Crippen LogP contribution in [0.1, 0.15) is 6.42 Å². The van der Waals surface area contributed by atoms with E-state index in [1.54, 1.807) is 0 Å². The van der Waals surface area contributed by atoms with Crippen molar-refractivity contribution in [2.24, 2.45) is 0 Å². The maximum Gasteiger partial charge on any atom is 0.459 e. The normalized spacial score (nSPS) is 13.9. The van der Waals surface area contributed by atoms with Crippen molar-refractivity contribution in [3.8, 4) is 0 Å². The zero-order chi connectivity index (χ0) is 10.5. The average Bonchev–Trinajstić information content (AvgIpc) is 1.96. The first-order valence-corrected chi connectivity index (χ1v) is 4.16. The number of hydrogen-bond acceptors (Lipinski definition) is 1. The van der Waals surface area contributed by atoms with E-state index in [9.17, 15) is 22.0 Å².